The number of carboxylic acids is 1. The summed E-state index contributed by atoms with van der Waals surface area (Å²) in [4.78, 5) is 28.8. The zero-order valence-electron chi connectivity index (χ0n) is 10.5. The smallest absolute Gasteiger partial charge is 0.305 e. The number of para-hydroxylation sites is 2. The number of nitrogens with two attached hydrogens (primary N) is 1. The Hall–Kier alpha value is -2.41. The number of anilines is 2. The largest absolute Gasteiger partial charge is 0.481 e. The maximum atomic E-state index is 12.4. The number of aliphatic carboxylic acids is 1. The van der Waals surface area contributed by atoms with Gasteiger partial charge in [0.15, 0.2) is 0 Å². The third-order valence-electron chi connectivity index (χ3n) is 2.67. The highest BCUT2D eigenvalue weighted by Gasteiger charge is 2.21. The molecule has 0 fully saturated rings. The first-order valence-electron chi connectivity index (χ1n) is 5.86. The highest BCUT2D eigenvalue weighted by atomic mass is 32.1. The molecule has 0 aliphatic rings. The molecule has 0 aliphatic heterocycles. The van der Waals surface area contributed by atoms with Crippen LogP contribution in [0.5, 0.6) is 0 Å². The lowest BCUT2D eigenvalue weighted by Crippen LogP contribution is -2.33. The number of thiazole rings is 1. The van der Waals surface area contributed by atoms with E-state index in [1.54, 1.807) is 29.8 Å². The lowest BCUT2D eigenvalue weighted by atomic mass is 10.2. The predicted molar refractivity (Wildman–Crippen MR) is 76.9 cm³/mol. The van der Waals surface area contributed by atoms with E-state index in [0.717, 1.165) is 0 Å². The maximum absolute atomic E-state index is 12.4. The van der Waals surface area contributed by atoms with Gasteiger partial charge in [-0.2, -0.15) is 0 Å². The normalized spacial score (nSPS) is 10.2. The Kier molecular flexibility index (Phi) is 4.31. The van der Waals surface area contributed by atoms with Crippen molar-refractivity contribution in [2.75, 3.05) is 17.2 Å². The molecule has 2 rings (SSSR count). The van der Waals surface area contributed by atoms with Crippen LogP contribution in [0.3, 0.4) is 0 Å². The molecule has 1 aromatic heterocycles. The van der Waals surface area contributed by atoms with E-state index in [0.29, 0.717) is 16.3 Å². The van der Waals surface area contributed by atoms with Crippen molar-refractivity contribution in [1.29, 1.82) is 0 Å². The van der Waals surface area contributed by atoms with E-state index in [1.165, 1.54) is 22.4 Å². The number of carbonyl (C=O) groups excluding carboxylic acids is 1. The Balaban J connectivity index is 2.32. The fourth-order valence-electron chi connectivity index (χ4n) is 1.73. The number of carboxylic acid groups (broad SMARTS) is 1. The van der Waals surface area contributed by atoms with E-state index in [4.69, 9.17) is 10.8 Å². The van der Waals surface area contributed by atoms with Crippen molar-refractivity contribution >= 4 is 34.6 Å². The molecule has 0 radical (unpaired) electrons. The third-order valence-corrected chi connectivity index (χ3v) is 3.43. The van der Waals surface area contributed by atoms with E-state index in [9.17, 15) is 9.59 Å². The fourth-order valence-corrected chi connectivity index (χ4v) is 2.29. The van der Waals surface area contributed by atoms with E-state index in [2.05, 4.69) is 4.98 Å². The summed E-state index contributed by atoms with van der Waals surface area (Å²) in [6.45, 7) is 0.0558. The van der Waals surface area contributed by atoms with Crippen LogP contribution >= 0.6 is 11.3 Å². The number of amides is 1. The second-order valence-corrected chi connectivity index (χ2v) is 4.91. The molecule has 3 N–H and O–H groups in total. The fraction of sp³-hybridized carbons (Fsp3) is 0.154. The zero-order valence-corrected chi connectivity index (χ0v) is 11.3. The van der Waals surface area contributed by atoms with Gasteiger partial charge in [-0.1, -0.05) is 12.1 Å². The van der Waals surface area contributed by atoms with Gasteiger partial charge in [0, 0.05) is 6.54 Å². The SMILES string of the molecule is Nc1ccccc1N(CCC(=O)O)C(=O)c1cncs1. The highest BCUT2D eigenvalue weighted by Crippen LogP contribution is 2.25. The molecular formula is C13H13N3O3S. The summed E-state index contributed by atoms with van der Waals surface area (Å²) in [6.07, 6.45) is 1.30. The Morgan fingerprint density at radius 1 is 1.35 bits per heavy atom. The van der Waals surface area contributed by atoms with E-state index >= 15 is 0 Å². The Labute approximate surface area is 119 Å². The minimum Gasteiger partial charge on any atom is -0.481 e. The predicted octanol–water partition coefficient (Wildman–Crippen LogP) is 1.85. The Bertz CT molecular complexity index is 613. The summed E-state index contributed by atoms with van der Waals surface area (Å²) in [6, 6.07) is 6.87. The topological polar surface area (TPSA) is 96.5 Å². The van der Waals surface area contributed by atoms with Gasteiger partial charge in [-0.3, -0.25) is 14.6 Å². The number of hydrogen-bond donors (Lipinski definition) is 2. The summed E-state index contributed by atoms with van der Waals surface area (Å²) in [5.74, 6) is -1.27. The molecule has 104 valence electrons. The molecule has 20 heavy (non-hydrogen) atoms. The molecule has 0 spiro atoms. The van der Waals surface area contributed by atoms with Crippen LogP contribution in [-0.2, 0) is 4.79 Å². The van der Waals surface area contributed by atoms with Crippen LogP contribution in [0.15, 0.2) is 36.0 Å². The van der Waals surface area contributed by atoms with Gasteiger partial charge in [0.1, 0.15) is 4.88 Å². The monoisotopic (exact) mass is 291 g/mol. The number of nitrogen functional groups attached to an aromatic ring is 1. The van der Waals surface area contributed by atoms with Crippen LogP contribution < -0.4 is 10.6 Å². The molecule has 0 saturated heterocycles. The summed E-state index contributed by atoms with van der Waals surface area (Å²) < 4.78 is 0. The maximum Gasteiger partial charge on any atom is 0.305 e. The minimum atomic E-state index is -0.971. The number of carbonyl (C=O) groups is 2. The second kappa shape index (κ2) is 6.16. The van der Waals surface area contributed by atoms with Crippen molar-refractivity contribution in [1.82, 2.24) is 4.98 Å². The molecular weight excluding hydrogens is 278 g/mol. The number of nitrogens with zero attached hydrogens (tertiary/aromatic N) is 2. The van der Waals surface area contributed by atoms with Gasteiger partial charge in [0.25, 0.3) is 5.91 Å². The third kappa shape index (κ3) is 3.12. The van der Waals surface area contributed by atoms with Crippen molar-refractivity contribution in [3.8, 4) is 0 Å². The number of aromatic nitrogens is 1. The zero-order chi connectivity index (χ0) is 14.5. The van der Waals surface area contributed by atoms with Gasteiger partial charge in [-0.05, 0) is 12.1 Å². The van der Waals surface area contributed by atoms with Crippen LogP contribution in [0.25, 0.3) is 0 Å². The lowest BCUT2D eigenvalue weighted by Gasteiger charge is -2.22. The van der Waals surface area contributed by atoms with E-state index in [-0.39, 0.29) is 18.9 Å². The number of benzene rings is 1. The minimum absolute atomic E-state index is 0.0558. The van der Waals surface area contributed by atoms with Gasteiger partial charge in [0.05, 0.1) is 29.5 Å². The van der Waals surface area contributed by atoms with Gasteiger partial charge in [0.2, 0.25) is 0 Å². The molecule has 0 bridgehead atoms. The second-order valence-electron chi connectivity index (χ2n) is 4.03. The Morgan fingerprint density at radius 2 is 2.10 bits per heavy atom. The van der Waals surface area contributed by atoms with Crippen LogP contribution in [0.2, 0.25) is 0 Å². The average Bonchev–Trinajstić information content (AvgIpc) is 2.94. The molecule has 1 amide bonds. The molecule has 6 nitrogen and oxygen atoms in total. The van der Waals surface area contributed by atoms with Crippen LogP contribution in [0, 0.1) is 0 Å². The van der Waals surface area contributed by atoms with E-state index < -0.39 is 5.97 Å². The molecule has 0 aliphatic carbocycles. The first-order chi connectivity index (χ1) is 9.59. The van der Waals surface area contributed by atoms with E-state index in [1.807, 2.05) is 0 Å². The van der Waals surface area contributed by atoms with Crippen LogP contribution in [-0.4, -0.2) is 28.5 Å². The van der Waals surface area contributed by atoms with Crippen LogP contribution in [0.1, 0.15) is 16.1 Å². The average molecular weight is 291 g/mol. The van der Waals surface area contributed by atoms with Crippen molar-refractivity contribution in [2.24, 2.45) is 0 Å². The van der Waals surface area contributed by atoms with Gasteiger partial charge in [-0.25, -0.2) is 0 Å². The molecule has 0 atom stereocenters. The Morgan fingerprint density at radius 3 is 2.70 bits per heavy atom. The lowest BCUT2D eigenvalue weighted by molar-refractivity contribution is -0.136. The molecule has 0 unspecified atom stereocenters. The molecule has 2 aromatic rings. The number of rotatable bonds is 5. The molecule has 7 heteroatoms. The molecule has 0 saturated carbocycles. The summed E-state index contributed by atoms with van der Waals surface area (Å²) in [5, 5.41) is 8.81. The standard InChI is InChI=1S/C13H13N3O3S/c14-9-3-1-2-4-10(9)16(6-5-12(17)18)13(19)11-7-15-8-20-11/h1-4,7-8H,5-6,14H2,(H,17,18). The van der Waals surface area contributed by atoms with Crippen molar-refractivity contribution in [2.45, 2.75) is 6.42 Å². The number of hydrogen-bond acceptors (Lipinski definition) is 5. The van der Waals surface area contributed by atoms with Gasteiger partial charge < -0.3 is 15.7 Å². The quantitative estimate of drug-likeness (QED) is 0.819. The summed E-state index contributed by atoms with van der Waals surface area (Å²) >= 11 is 1.20. The molecule has 1 aromatic carbocycles. The van der Waals surface area contributed by atoms with Gasteiger partial charge in [-0.15, -0.1) is 11.3 Å². The van der Waals surface area contributed by atoms with Gasteiger partial charge >= 0.3 is 5.97 Å². The summed E-state index contributed by atoms with van der Waals surface area (Å²) in [7, 11) is 0. The first-order valence-corrected chi connectivity index (χ1v) is 6.74. The molecule has 1 heterocycles. The van der Waals surface area contributed by atoms with Crippen molar-refractivity contribution in [3.63, 3.8) is 0 Å². The van der Waals surface area contributed by atoms with Crippen molar-refractivity contribution < 1.29 is 14.7 Å². The summed E-state index contributed by atoms with van der Waals surface area (Å²) in [5.41, 5.74) is 8.35. The highest BCUT2D eigenvalue weighted by molar-refractivity contribution is 7.11. The van der Waals surface area contributed by atoms with Crippen LogP contribution in [0.4, 0.5) is 11.4 Å². The van der Waals surface area contributed by atoms with Crippen molar-refractivity contribution in [3.05, 3.63) is 40.8 Å². The first kappa shape index (κ1) is 14.0.